The summed E-state index contributed by atoms with van der Waals surface area (Å²) in [6.07, 6.45) is 51.5. The molecular weight excluding hydrogens is 643 g/mol. The fourth-order valence-electron chi connectivity index (χ4n) is 7.16. The Bertz CT molecular complexity index is 768. The summed E-state index contributed by atoms with van der Waals surface area (Å²) in [5.74, 6) is -0.157. The van der Waals surface area contributed by atoms with Gasteiger partial charge in [-0.2, -0.15) is 0 Å². The topological polar surface area (TPSA) is 89.8 Å². The molecule has 0 aromatic rings. The number of nitrogens with one attached hydrogen (secondary N) is 1. The summed E-state index contributed by atoms with van der Waals surface area (Å²) in [5, 5.41) is 33.5. The van der Waals surface area contributed by atoms with Crippen molar-refractivity contribution in [3.05, 3.63) is 24.3 Å². The zero-order valence-corrected chi connectivity index (χ0v) is 35.0. The Balaban J connectivity index is 3.64. The van der Waals surface area contributed by atoms with Crippen LogP contribution in [0.3, 0.4) is 0 Å². The summed E-state index contributed by atoms with van der Waals surface area (Å²) in [4.78, 5) is 12.4. The molecule has 0 bridgehead atoms. The van der Waals surface area contributed by atoms with E-state index in [1.165, 1.54) is 180 Å². The van der Waals surface area contributed by atoms with Gasteiger partial charge in [0.2, 0.25) is 5.91 Å². The van der Waals surface area contributed by atoms with Crippen LogP contribution in [0.1, 0.15) is 245 Å². The molecule has 3 unspecified atom stereocenters. The summed E-state index contributed by atoms with van der Waals surface area (Å²) >= 11 is 0. The van der Waals surface area contributed by atoms with Gasteiger partial charge >= 0.3 is 0 Å². The first-order valence-electron chi connectivity index (χ1n) is 23.1. The number of carbonyl (C=O) groups excluding carboxylic acids is 1. The van der Waals surface area contributed by atoms with Crippen LogP contribution in [0.2, 0.25) is 0 Å². The Morgan fingerprint density at radius 1 is 0.462 bits per heavy atom. The lowest BCUT2D eigenvalue weighted by atomic mass is 10.0. The maximum atomic E-state index is 12.4. The van der Waals surface area contributed by atoms with Gasteiger partial charge in [0.05, 0.1) is 18.8 Å². The van der Waals surface area contributed by atoms with Crippen LogP contribution in [0.5, 0.6) is 0 Å². The number of amides is 1. The van der Waals surface area contributed by atoms with Gasteiger partial charge in [-0.05, 0) is 64.2 Å². The largest absolute Gasteiger partial charge is 0.394 e. The van der Waals surface area contributed by atoms with Crippen LogP contribution in [-0.4, -0.2) is 46.1 Å². The molecule has 0 aliphatic rings. The highest BCUT2D eigenvalue weighted by Crippen LogP contribution is 2.15. The highest BCUT2D eigenvalue weighted by Gasteiger charge is 2.26. The average molecular weight is 734 g/mol. The third-order valence-corrected chi connectivity index (χ3v) is 10.8. The molecule has 0 saturated carbocycles. The molecule has 0 spiro atoms. The number of aliphatic hydroxyl groups excluding tert-OH is 3. The van der Waals surface area contributed by atoms with Crippen molar-refractivity contribution in [3.8, 4) is 0 Å². The smallest absolute Gasteiger partial charge is 0.220 e. The van der Waals surface area contributed by atoms with Crippen molar-refractivity contribution in [2.75, 3.05) is 6.61 Å². The lowest BCUT2D eigenvalue weighted by molar-refractivity contribution is -0.124. The Morgan fingerprint density at radius 3 is 1.12 bits per heavy atom. The lowest BCUT2D eigenvalue weighted by Crippen LogP contribution is -2.50. The maximum Gasteiger partial charge on any atom is 0.220 e. The maximum absolute atomic E-state index is 12.4. The van der Waals surface area contributed by atoms with Crippen molar-refractivity contribution < 1.29 is 20.1 Å². The van der Waals surface area contributed by atoms with E-state index in [-0.39, 0.29) is 12.5 Å². The molecule has 0 fully saturated rings. The number of allylic oxidation sites excluding steroid dienone is 4. The van der Waals surface area contributed by atoms with Crippen LogP contribution >= 0.6 is 0 Å². The Hall–Kier alpha value is -1.17. The van der Waals surface area contributed by atoms with Gasteiger partial charge in [0.25, 0.3) is 0 Å². The van der Waals surface area contributed by atoms with E-state index in [1.54, 1.807) is 0 Å². The number of unbranched alkanes of at least 4 members (excludes halogenated alkanes) is 30. The molecule has 0 aliphatic carbocycles. The second-order valence-electron chi connectivity index (χ2n) is 16.0. The van der Waals surface area contributed by atoms with E-state index in [4.69, 9.17) is 0 Å². The molecule has 3 atom stereocenters. The second kappa shape index (κ2) is 42.6. The van der Waals surface area contributed by atoms with Crippen LogP contribution < -0.4 is 5.32 Å². The summed E-state index contributed by atoms with van der Waals surface area (Å²) in [6.45, 7) is 4.18. The van der Waals surface area contributed by atoms with Crippen LogP contribution in [0, 0.1) is 0 Å². The summed E-state index contributed by atoms with van der Waals surface area (Å²) in [6, 6.07) is -0.826. The van der Waals surface area contributed by atoms with Gasteiger partial charge < -0.3 is 20.6 Å². The number of rotatable bonds is 42. The minimum Gasteiger partial charge on any atom is -0.394 e. The van der Waals surface area contributed by atoms with Gasteiger partial charge in [-0.3, -0.25) is 4.79 Å². The summed E-state index contributed by atoms with van der Waals surface area (Å²) < 4.78 is 0. The SMILES string of the molecule is CCCCCCCCCCCC/C=C\CCCCCCCCCC(=O)NC(CO)C(O)C(O)CCC/C=C/CCCCCCCCCCCCCC. The quantitative estimate of drug-likeness (QED) is 0.0371. The van der Waals surface area contributed by atoms with Crippen molar-refractivity contribution in [1.82, 2.24) is 5.32 Å². The predicted octanol–water partition coefficient (Wildman–Crippen LogP) is 13.4. The fourth-order valence-corrected chi connectivity index (χ4v) is 7.16. The minimum atomic E-state index is -1.16. The normalized spacial score (nSPS) is 13.7. The molecule has 0 heterocycles. The highest BCUT2D eigenvalue weighted by atomic mass is 16.3. The van der Waals surface area contributed by atoms with E-state index < -0.39 is 18.2 Å². The summed E-state index contributed by atoms with van der Waals surface area (Å²) in [7, 11) is 0. The zero-order chi connectivity index (χ0) is 38.0. The molecule has 0 saturated heterocycles. The third kappa shape index (κ3) is 37.2. The van der Waals surface area contributed by atoms with E-state index in [1.807, 2.05) is 0 Å². The molecule has 0 rings (SSSR count). The van der Waals surface area contributed by atoms with Gasteiger partial charge in [-0.1, -0.05) is 199 Å². The molecule has 5 heteroatoms. The van der Waals surface area contributed by atoms with E-state index in [9.17, 15) is 20.1 Å². The van der Waals surface area contributed by atoms with Crippen LogP contribution in [-0.2, 0) is 4.79 Å². The van der Waals surface area contributed by atoms with Gasteiger partial charge in [-0.15, -0.1) is 0 Å². The van der Waals surface area contributed by atoms with Crippen molar-refractivity contribution in [3.63, 3.8) is 0 Å². The molecule has 1 amide bonds. The Morgan fingerprint density at radius 2 is 0.769 bits per heavy atom. The third-order valence-electron chi connectivity index (χ3n) is 10.8. The van der Waals surface area contributed by atoms with Crippen LogP contribution in [0.15, 0.2) is 24.3 Å². The first-order valence-corrected chi connectivity index (χ1v) is 23.1. The minimum absolute atomic E-state index is 0.157. The fraction of sp³-hybridized carbons (Fsp3) is 0.894. The Labute approximate surface area is 324 Å². The van der Waals surface area contributed by atoms with Gasteiger partial charge in [-0.25, -0.2) is 0 Å². The molecular formula is C47H91NO4. The molecule has 0 radical (unpaired) electrons. The molecule has 0 aromatic heterocycles. The van der Waals surface area contributed by atoms with Gasteiger partial charge in [0, 0.05) is 6.42 Å². The number of hydrogen-bond acceptors (Lipinski definition) is 4. The molecule has 52 heavy (non-hydrogen) atoms. The Kier molecular flexibility index (Phi) is 41.6. The van der Waals surface area contributed by atoms with Gasteiger partial charge in [0.15, 0.2) is 0 Å². The van der Waals surface area contributed by atoms with Crippen molar-refractivity contribution in [2.45, 2.75) is 263 Å². The van der Waals surface area contributed by atoms with Crippen molar-refractivity contribution in [2.24, 2.45) is 0 Å². The molecule has 0 aromatic carbocycles. The first-order chi connectivity index (χ1) is 25.6. The molecule has 308 valence electrons. The van der Waals surface area contributed by atoms with Crippen LogP contribution in [0.4, 0.5) is 0 Å². The number of carbonyl (C=O) groups is 1. The molecule has 5 nitrogen and oxygen atoms in total. The van der Waals surface area contributed by atoms with Crippen molar-refractivity contribution in [1.29, 1.82) is 0 Å². The standard InChI is InChI=1S/C47H91NO4/c1-3-5-7-9-11-13-15-17-19-21-22-23-24-26-28-30-32-34-36-38-40-42-46(51)48-44(43-49)47(52)45(50)41-39-37-35-33-31-29-27-25-20-18-16-14-12-10-8-6-4-2/h23-24,33,35,44-45,47,49-50,52H,3-22,25-32,34,36-43H2,1-2H3,(H,48,51)/b24-23-,35-33+. The predicted molar refractivity (Wildman–Crippen MR) is 227 cm³/mol. The summed E-state index contributed by atoms with van der Waals surface area (Å²) in [5.41, 5.74) is 0. The van der Waals surface area contributed by atoms with Gasteiger partial charge in [0.1, 0.15) is 6.10 Å². The second-order valence-corrected chi connectivity index (χ2v) is 16.0. The van der Waals surface area contributed by atoms with E-state index in [2.05, 4.69) is 43.5 Å². The lowest BCUT2D eigenvalue weighted by Gasteiger charge is -2.26. The molecule has 0 aliphatic heterocycles. The van der Waals surface area contributed by atoms with E-state index >= 15 is 0 Å². The first kappa shape index (κ1) is 50.8. The van der Waals surface area contributed by atoms with E-state index in [0.717, 1.165) is 38.5 Å². The monoisotopic (exact) mass is 734 g/mol. The van der Waals surface area contributed by atoms with Crippen LogP contribution in [0.25, 0.3) is 0 Å². The molecule has 4 N–H and O–H groups in total. The number of aliphatic hydroxyl groups is 3. The average Bonchev–Trinajstić information content (AvgIpc) is 3.15. The highest BCUT2D eigenvalue weighted by molar-refractivity contribution is 5.76. The van der Waals surface area contributed by atoms with Crippen molar-refractivity contribution >= 4 is 5.91 Å². The number of hydrogen-bond donors (Lipinski definition) is 4. The zero-order valence-electron chi connectivity index (χ0n) is 35.0. The van der Waals surface area contributed by atoms with E-state index in [0.29, 0.717) is 12.8 Å².